The van der Waals surface area contributed by atoms with Crippen LogP contribution in [0, 0.1) is 20.8 Å². The van der Waals surface area contributed by atoms with Gasteiger partial charge in [0.15, 0.2) is 11.0 Å². The highest BCUT2D eigenvalue weighted by Crippen LogP contribution is 2.29. The molecule has 5 nitrogen and oxygen atoms in total. The fourth-order valence-electron chi connectivity index (χ4n) is 3.30. The summed E-state index contributed by atoms with van der Waals surface area (Å²) in [4.78, 5) is 12.7. The molecule has 1 aromatic heterocycles. The van der Waals surface area contributed by atoms with E-state index < -0.39 is 0 Å². The number of anilines is 1. The lowest BCUT2D eigenvalue weighted by Crippen LogP contribution is -2.15. The average molecular weight is 507 g/mol. The van der Waals surface area contributed by atoms with Gasteiger partial charge in [0, 0.05) is 21.4 Å². The van der Waals surface area contributed by atoms with Crippen LogP contribution in [0.1, 0.15) is 16.7 Å². The van der Waals surface area contributed by atoms with Crippen LogP contribution in [-0.2, 0) is 4.79 Å². The lowest BCUT2D eigenvalue weighted by Gasteiger charge is -2.13. The molecule has 7 heteroatoms. The highest BCUT2D eigenvalue weighted by molar-refractivity contribution is 9.10. The molecular formula is C25H23BrN4OS. The molecule has 1 N–H and O–H groups in total. The molecule has 162 valence electrons. The van der Waals surface area contributed by atoms with Crippen molar-refractivity contribution in [2.45, 2.75) is 25.9 Å². The third-order valence-electron chi connectivity index (χ3n) is 5.29. The van der Waals surface area contributed by atoms with E-state index in [0.29, 0.717) is 5.16 Å². The first-order valence-electron chi connectivity index (χ1n) is 10.2. The van der Waals surface area contributed by atoms with E-state index >= 15 is 0 Å². The molecule has 4 rings (SSSR count). The Hall–Kier alpha value is -2.90. The number of nitrogens with one attached hydrogen (secondary N) is 1. The molecule has 0 aliphatic carbocycles. The Labute approximate surface area is 200 Å². The smallest absolute Gasteiger partial charge is 0.234 e. The standard InChI is InChI=1S/C25H23BrN4OS/c1-16-9-11-20(12-10-16)30-24(19-7-5-4-6-8-19)28-29-25(30)32-15-23(31)27-22-14-13-21(26)17(2)18(22)3/h4-14H,15H2,1-3H3,(H,27,31). The SMILES string of the molecule is Cc1ccc(-n2c(SCC(=O)Nc3ccc(Br)c(C)c3C)nnc2-c2ccccc2)cc1. The minimum Gasteiger partial charge on any atom is -0.325 e. The first-order chi connectivity index (χ1) is 15.4. The van der Waals surface area contributed by atoms with Crippen LogP contribution in [0.4, 0.5) is 5.69 Å². The van der Waals surface area contributed by atoms with E-state index in [4.69, 9.17) is 0 Å². The molecule has 1 heterocycles. The summed E-state index contributed by atoms with van der Waals surface area (Å²) in [5, 5.41) is 12.5. The third-order valence-corrected chi connectivity index (χ3v) is 7.07. The van der Waals surface area contributed by atoms with Crippen molar-refractivity contribution in [2.75, 3.05) is 11.1 Å². The Bertz CT molecular complexity index is 1250. The van der Waals surface area contributed by atoms with Gasteiger partial charge in [-0.2, -0.15) is 0 Å². The van der Waals surface area contributed by atoms with E-state index in [1.165, 1.54) is 17.3 Å². The minimum atomic E-state index is -0.0838. The molecular weight excluding hydrogens is 484 g/mol. The Kier molecular flexibility index (Phi) is 6.77. The molecule has 0 aliphatic heterocycles. The van der Waals surface area contributed by atoms with Gasteiger partial charge >= 0.3 is 0 Å². The number of benzene rings is 3. The number of hydrogen-bond acceptors (Lipinski definition) is 4. The summed E-state index contributed by atoms with van der Waals surface area (Å²) >= 11 is 4.90. The summed E-state index contributed by atoms with van der Waals surface area (Å²) in [5.41, 5.74) is 6.09. The monoisotopic (exact) mass is 506 g/mol. The summed E-state index contributed by atoms with van der Waals surface area (Å²) in [6.45, 7) is 6.09. The second kappa shape index (κ2) is 9.71. The second-order valence-corrected chi connectivity index (χ2v) is 9.32. The number of aromatic nitrogens is 3. The van der Waals surface area contributed by atoms with Crippen molar-refractivity contribution in [3.8, 4) is 17.1 Å². The van der Waals surface area contributed by atoms with Gasteiger partial charge in [0.05, 0.1) is 5.75 Å². The zero-order chi connectivity index (χ0) is 22.7. The van der Waals surface area contributed by atoms with Crippen LogP contribution in [0.3, 0.4) is 0 Å². The van der Waals surface area contributed by atoms with Gasteiger partial charge in [-0.3, -0.25) is 9.36 Å². The van der Waals surface area contributed by atoms with E-state index in [1.807, 2.05) is 73.0 Å². The molecule has 0 radical (unpaired) electrons. The Morgan fingerprint density at radius 3 is 2.38 bits per heavy atom. The van der Waals surface area contributed by atoms with Gasteiger partial charge in [-0.15, -0.1) is 10.2 Å². The average Bonchev–Trinajstić information content (AvgIpc) is 3.23. The molecule has 0 saturated heterocycles. The van der Waals surface area contributed by atoms with Crippen LogP contribution in [0.25, 0.3) is 17.1 Å². The summed E-state index contributed by atoms with van der Waals surface area (Å²) < 4.78 is 3.03. The fraction of sp³-hybridized carbons (Fsp3) is 0.160. The van der Waals surface area contributed by atoms with Gasteiger partial charge < -0.3 is 5.32 Å². The van der Waals surface area contributed by atoms with Crippen LogP contribution < -0.4 is 5.32 Å². The van der Waals surface area contributed by atoms with Crippen LogP contribution in [0.2, 0.25) is 0 Å². The van der Waals surface area contributed by atoms with E-state index in [-0.39, 0.29) is 11.7 Å². The number of thioether (sulfide) groups is 1. The Morgan fingerprint density at radius 2 is 1.66 bits per heavy atom. The largest absolute Gasteiger partial charge is 0.325 e. The van der Waals surface area contributed by atoms with Crippen LogP contribution in [0.15, 0.2) is 76.4 Å². The number of carbonyl (C=O) groups is 1. The van der Waals surface area contributed by atoms with Gasteiger partial charge in [0.25, 0.3) is 0 Å². The van der Waals surface area contributed by atoms with Crippen molar-refractivity contribution in [3.05, 3.63) is 87.9 Å². The maximum Gasteiger partial charge on any atom is 0.234 e. The number of hydrogen-bond donors (Lipinski definition) is 1. The lowest BCUT2D eigenvalue weighted by molar-refractivity contribution is -0.113. The fourth-order valence-corrected chi connectivity index (χ4v) is 4.49. The van der Waals surface area contributed by atoms with Crippen molar-refractivity contribution in [2.24, 2.45) is 0 Å². The number of nitrogens with zero attached hydrogens (tertiary/aromatic N) is 3. The second-order valence-electron chi connectivity index (χ2n) is 7.52. The van der Waals surface area contributed by atoms with Gasteiger partial charge in [-0.25, -0.2) is 0 Å². The normalized spacial score (nSPS) is 10.9. The van der Waals surface area contributed by atoms with Gasteiger partial charge in [-0.05, 0) is 56.2 Å². The molecule has 0 fully saturated rings. The number of aryl methyl sites for hydroxylation is 1. The molecule has 4 aromatic rings. The quantitative estimate of drug-likeness (QED) is 0.309. The van der Waals surface area contributed by atoms with Gasteiger partial charge in [-0.1, -0.05) is 75.7 Å². The molecule has 0 atom stereocenters. The number of carbonyl (C=O) groups excluding carboxylic acids is 1. The highest BCUT2D eigenvalue weighted by Gasteiger charge is 2.17. The predicted molar refractivity (Wildman–Crippen MR) is 135 cm³/mol. The van der Waals surface area contributed by atoms with Crippen molar-refractivity contribution in [3.63, 3.8) is 0 Å². The lowest BCUT2D eigenvalue weighted by atomic mass is 10.1. The number of amides is 1. The van der Waals surface area contributed by atoms with E-state index in [1.54, 1.807) is 0 Å². The molecule has 0 spiro atoms. The minimum absolute atomic E-state index is 0.0838. The summed E-state index contributed by atoms with van der Waals surface area (Å²) in [5.74, 6) is 0.893. The molecule has 0 aliphatic rings. The van der Waals surface area contributed by atoms with Crippen molar-refractivity contribution < 1.29 is 4.79 Å². The topological polar surface area (TPSA) is 59.8 Å². The molecule has 1 amide bonds. The maximum atomic E-state index is 12.7. The van der Waals surface area contributed by atoms with Crippen LogP contribution in [0.5, 0.6) is 0 Å². The van der Waals surface area contributed by atoms with Crippen molar-refractivity contribution in [1.82, 2.24) is 14.8 Å². The third kappa shape index (κ3) is 4.79. The van der Waals surface area contributed by atoms with Crippen LogP contribution in [-0.4, -0.2) is 26.4 Å². The molecule has 0 bridgehead atoms. The molecule has 0 saturated carbocycles. The van der Waals surface area contributed by atoms with E-state index in [2.05, 4.69) is 50.5 Å². The highest BCUT2D eigenvalue weighted by atomic mass is 79.9. The zero-order valence-electron chi connectivity index (χ0n) is 18.1. The Morgan fingerprint density at radius 1 is 0.938 bits per heavy atom. The van der Waals surface area contributed by atoms with Gasteiger partial charge in [0.2, 0.25) is 5.91 Å². The molecule has 32 heavy (non-hydrogen) atoms. The van der Waals surface area contributed by atoms with E-state index in [0.717, 1.165) is 38.4 Å². The summed E-state index contributed by atoms with van der Waals surface area (Å²) in [6, 6.07) is 22.0. The van der Waals surface area contributed by atoms with Crippen molar-refractivity contribution >= 4 is 39.3 Å². The first kappa shape index (κ1) is 22.3. The zero-order valence-corrected chi connectivity index (χ0v) is 20.5. The summed E-state index contributed by atoms with van der Waals surface area (Å²) in [7, 11) is 0. The molecule has 3 aromatic carbocycles. The summed E-state index contributed by atoms with van der Waals surface area (Å²) in [6.07, 6.45) is 0. The Balaban J connectivity index is 1.59. The first-order valence-corrected chi connectivity index (χ1v) is 12.0. The number of rotatable bonds is 6. The van der Waals surface area contributed by atoms with Gasteiger partial charge in [0.1, 0.15) is 0 Å². The number of halogens is 1. The van der Waals surface area contributed by atoms with Crippen LogP contribution >= 0.6 is 27.7 Å². The molecule has 0 unspecified atom stereocenters. The van der Waals surface area contributed by atoms with E-state index in [9.17, 15) is 4.79 Å². The van der Waals surface area contributed by atoms with Crippen molar-refractivity contribution in [1.29, 1.82) is 0 Å². The predicted octanol–water partition coefficient (Wildman–Crippen LogP) is 6.35. The maximum absolute atomic E-state index is 12.7.